The van der Waals surface area contributed by atoms with Gasteiger partial charge in [0.05, 0.1) is 24.1 Å². The van der Waals surface area contributed by atoms with Crippen molar-refractivity contribution in [3.8, 4) is 0 Å². The average molecular weight is 330 g/mol. The van der Waals surface area contributed by atoms with Crippen molar-refractivity contribution in [2.45, 2.75) is 26.2 Å². The molecular weight excluding hydrogens is 312 g/mol. The van der Waals surface area contributed by atoms with Gasteiger partial charge in [-0.1, -0.05) is 18.3 Å². The van der Waals surface area contributed by atoms with Gasteiger partial charge < -0.3 is 15.5 Å². The Balaban J connectivity index is 2.03. The van der Waals surface area contributed by atoms with Crippen LogP contribution in [-0.2, 0) is 22.4 Å². The lowest BCUT2D eigenvalue weighted by molar-refractivity contribution is -0.118. The van der Waals surface area contributed by atoms with Crippen LogP contribution in [0.5, 0.6) is 0 Å². The smallest absolute Gasteiger partial charge is 0.231 e. The zero-order valence-electron chi connectivity index (χ0n) is 12.8. The Morgan fingerprint density at radius 3 is 2.70 bits per heavy atom. The fourth-order valence-corrected chi connectivity index (χ4v) is 2.32. The summed E-state index contributed by atoms with van der Waals surface area (Å²) in [5.74, 6) is 0.428. The van der Waals surface area contributed by atoms with E-state index in [1.807, 2.05) is 13.0 Å². The highest BCUT2D eigenvalue weighted by molar-refractivity contribution is 7.80. The fourth-order valence-electron chi connectivity index (χ4n) is 2.19. The van der Waals surface area contributed by atoms with E-state index in [1.54, 1.807) is 30.5 Å². The molecule has 0 bridgehead atoms. The lowest BCUT2D eigenvalue weighted by Gasteiger charge is -2.09. The van der Waals surface area contributed by atoms with Gasteiger partial charge in [-0.2, -0.15) is 0 Å². The van der Waals surface area contributed by atoms with Gasteiger partial charge in [0.2, 0.25) is 5.91 Å². The Kier molecular flexibility index (Phi) is 5.65. The molecule has 0 saturated carbocycles. The lowest BCUT2D eigenvalue weighted by Crippen LogP contribution is -2.20. The number of anilines is 1. The van der Waals surface area contributed by atoms with Crippen LogP contribution in [-0.4, -0.2) is 16.7 Å². The summed E-state index contributed by atoms with van der Waals surface area (Å²) in [5, 5.41) is 2.72. The zero-order valence-corrected chi connectivity index (χ0v) is 13.6. The molecule has 0 aliphatic carbocycles. The maximum atomic E-state index is 12.1. The number of aryl methyl sites for hydroxylation is 1. The van der Waals surface area contributed by atoms with Gasteiger partial charge in [0.15, 0.2) is 0 Å². The highest BCUT2D eigenvalue weighted by Gasteiger charge is 2.11. The molecular formula is C17H18N2O3S. The van der Waals surface area contributed by atoms with Crippen molar-refractivity contribution in [3.63, 3.8) is 0 Å². The van der Waals surface area contributed by atoms with E-state index in [0.29, 0.717) is 11.4 Å². The number of furan rings is 1. The quantitative estimate of drug-likeness (QED) is 0.762. The van der Waals surface area contributed by atoms with E-state index in [2.05, 4.69) is 5.32 Å². The first-order chi connectivity index (χ1) is 10.9. The number of nitrogens with one attached hydrogen (secondary N) is 1. The minimum absolute atomic E-state index is 0.00400. The number of hydrogen-bond donors (Lipinski definition) is 2. The van der Waals surface area contributed by atoms with E-state index in [9.17, 15) is 9.59 Å². The number of nitrogens with two attached hydrogens (primary N) is 1. The molecule has 1 aromatic carbocycles. The minimum Gasteiger partial charge on any atom is -0.469 e. The van der Waals surface area contributed by atoms with Gasteiger partial charge in [0, 0.05) is 12.1 Å². The molecule has 2 aromatic rings. The Labute approximate surface area is 139 Å². The molecule has 120 valence electrons. The summed E-state index contributed by atoms with van der Waals surface area (Å²) in [6, 6.07) is 8.98. The molecule has 1 amide bonds. The predicted octanol–water partition coefficient (Wildman–Crippen LogP) is 2.56. The van der Waals surface area contributed by atoms with Crippen molar-refractivity contribution in [1.82, 2.24) is 0 Å². The number of Topliss-reactive ketones (excluding diaryl/α,β-unsaturated/α-hetero) is 1. The number of carbonyl (C=O) groups is 2. The standard InChI is InChI=1S/C17H18N2O3S/c1-11-4-5-13(19-17(21)10-16(18)23)7-12(11)8-14(20)9-15-3-2-6-22-15/h2-7H,8-10H2,1H3,(H2,18,23)(H,19,21). The van der Waals surface area contributed by atoms with Crippen molar-refractivity contribution in [2.75, 3.05) is 5.32 Å². The highest BCUT2D eigenvalue weighted by atomic mass is 32.1. The number of hydrogen-bond acceptors (Lipinski definition) is 4. The van der Waals surface area contributed by atoms with Crippen molar-refractivity contribution in [1.29, 1.82) is 0 Å². The first-order valence-electron chi connectivity index (χ1n) is 7.16. The summed E-state index contributed by atoms with van der Waals surface area (Å²) >= 11 is 4.71. The molecule has 0 saturated heterocycles. The van der Waals surface area contributed by atoms with Crippen LogP contribution in [0.3, 0.4) is 0 Å². The Hall–Kier alpha value is -2.47. The van der Waals surface area contributed by atoms with Crippen molar-refractivity contribution < 1.29 is 14.0 Å². The molecule has 0 spiro atoms. The van der Waals surface area contributed by atoms with Gasteiger partial charge in [-0.15, -0.1) is 0 Å². The van der Waals surface area contributed by atoms with Crippen LogP contribution >= 0.6 is 12.2 Å². The number of ketones is 1. The maximum Gasteiger partial charge on any atom is 0.231 e. The van der Waals surface area contributed by atoms with E-state index in [-0.39, 0.29) is 35.9 Å². The third kappa shape index (κ3) is 5.34. The average Bonchev–Trinajstić information content (AvgIpc) is 2.94. The molecule has 5 nitrogen and oxygen atoms in total. The van der Waals surface area contributed by atoms with Crippen LogP contribution in [0.2, 0.25) is 0 Å². The SMILES string of the molecule is Cc1ccc(NC(=O)CC(N)=S)cc1CC(=O)Cc1ccco1. The lowest BCUT2D eigenvalue weighted by atomic mass is 10.0. The summed E-state index contributed by atoms with van der Waals surface area (Å²) in [6.45, 7) is 1.93. The Morgan fingerprint density at radius 2 is 2.04 bits per heavy atom. The van der Waals surface area contributed by atoms with Gasteiger partial charge in [-0.05, 0) is 42.3 Å². The molecule has 1 aromatic heterocycles. The van der Waals surface area contributed by atoms with Gasteiger partial charge in [-0.25, -0.2) is 0 Å². The van der Waals surface area contributed by atoms with E-state index in [1.165, 1.54) is 0 Å². The number of thiocarbonyl (C=S) groups is 1. The first-order valence-corrected chi connectivity index (χ1v) is 7.56. The topological polar surface area (TPSA) is 85.3 Å². The molecule has 0 unspecified atom stereocenters. The van der Waals surface area contributed by atoms with Gasteiger partial charge >= 0.3 is 0 Å². The number of carbonyl (C=O) groups excluding carboxylic acids is 2. The van der Waals surface area contributed by atoms with Crippen molar-refractivity contribution in [3.05, 3.63) is 53.5 Å². The Morgan fingerprint density at radius 1 is 1.26 bits per heavy atom. The molecule has 3 N–H and O–H groups in total. The third-order valence-corrected chi connectivity index (χ3v) is 3.45. The molecule has 2 rings (SSSR count). The number of amides is 1. The van der Waals surface area contributed by atoms with E-state index < -0.39 is 0 Å². The highest BCUT2D eigenvalue weighted by Crippen LogP contribution is 2.17. The second-order valence-corrected chi connectivity index (χ2v) is 5.83. The molecule has 0 atom stereocenters. The third-order valence-electron chi connectivity index (χ3n) is 3.31. The number of benzene rings is 1. The van der Waals surface area contributed by atoms with E-state index in [4.69, 9.17) is 22.4 Å². The summed E-state index contributed by atoms with van der Waals surface area (Å²) in [7, 11) is 0. The fraction of sp³-hybridized carbons (Fsp3) is 0.235. The molecule has 23 heavy (non-hydrogen) atoms. The van der Waals surface area contributed by atoms with E-state index in [0.717, 1.165) is 11.1 Å². The minimum atomic E-state index is -0.269. The van der Waals surface area contributed by atoms with Gasteiger partial charge in [0.25, 0.3) is 0 Å². The van der Waals surface area contributed by atoms with Crippen LogP contribution in [0.15, 0.2) is 41.0 Å². The van der Waals surface area contributed by atoms with Gasteiger partial charge in [-0.3, -0.25) is 9.59 Å². The molecule has 0 aliphatic heterocycles. The van der Waals surface area contributed by atoms with Crippen LogP contribution in [0.25, 0.3) is 0 Å². The predicted molar refractivity (Wildman–Crippen MR) is 92.3 cm³/mol. The van der Waals surface area contributed by atoms with Crippen molar-refractivity contribution >= 4 is 34.6 Å². The maximum absolute atomic E-state index is 12.1. The first kappa shape index (κ1) is 16.9. The second-order valence-electron chi connectivity index (χ2n) is 5.30. The largest absolute Gasteiger partial charge is 0.469 e. The van der Waals surface area contributed by atoms with Crippen LogP contribution < -0.4 is 11.1 Å². The molecule has 0 fully saturated rings. The second kappa shape index (κ2) is 7.69. The summed E-state index contributed by atoms with van der Waals surface area (Å²) < 4.78 is 5.18. The summed E-state index contributed by atoms with van der Waals surface area (Å²) in [5.41, 5.74) is 7.83. The van der Waals surface area contributed by atoms with Crippen LogP contribution in [0, 0.1) is 6.92 Å². The summed E-state index contributed by atoms with van der Waals surface area (Å²) in [4.78, 5) is 24.0. The van der Waals surface area contributed by atoms with Crippen LogP contribution in [0.4, 0.5) is 5.69 Å². The molecule has 6 heteroatoms. The van der Waals surface area contributed by atoms with Gasteiger partial charge in [0.1, 0.15) is 11.5 Å². The van der Waals surface area contributed by atoms with Crippen molar-refractivity contribution in [2.24, 2.45) is 5.73 Å². The Bertz CT molecular complexity index is 723. The molecule has 0 aliphatic rings. The van der Waals surface area contributed by atoms with E-state index >= 15 is 0 Å². The zero-order chi connectivity index (χ0) is 16.8. The molecule has 0 radical (unpaired) electrons. The number of rotatable bonds is 7. The van der Waals surface area contributed by atoms with Crippen LogP contribution in [0.1, 0.15) is 23.3 Å². The monoisotopic (exact) mass is 330 g/mol. The molecule has 1 heterocycles. The normalized spacial score (nSPS) is 10.3. The summed E-state index contributed by atoms with van der Waals surface area (Å²) in [6.07, 6.45) is 2.08.